The van der Waals surface area contributed by atoms with Crippen molar-refractivity contribution in [2.75, 3.05) is 0 Å². The van der Waals surface area contributed by atoms with Crippen molar-refractivity contribution < 1.29 is 10.2 Å². The van der Waals surface area contributed by atoms with E-state index in [9.17, 15) is 10.2 Å². The van der Waals surface area contributed by atoms with Gasteiger partial charge in [0, 0.05) is 17.3 Å². The molecule has 24 heavy (non-hydrogen) atoms. The number of hydrogen-bond acceptors (Lipinski definition) is 3. The highest BCUT2D eigenvalue weighted by Crippen LogP contribution is 2.37. The smallest absolute Gasteiger partial charge is 0.128 e. The zero-order chi connectivity index (χ0) is 18.9. The van der Waals surface area contributed by atoms with E-state index in [1.54, 1.807) is 13.1 Å². The van der Waals surface area contributed by atoms with Crippen molar-refractivity contribution in [1.29, 1.82) is 0 Å². The van der Waals surface area contributed by atoms with E-state index >= 15 is 0 Å². The van der Waals surface area contributed by atoms with Gasteiger partial charge in [-0.2, -0.15) is 0 Å². The Morgan fingerprint density at radius 2 is 1.50 bits per heavy atom. The van der Waals surface area contributed by atoms with E-state index in [1.807, 2.05) is 19.9 Å². The molecule has 3 heteroatoms. The zero-order valence-corrected chi connectivity index (χ0v) is 16.8. The maximum absolute atomic E-state index is 10.8. The standard InChI is InChI=1S/C21H35NO2/c1-13(2)18(14(3)23)22-12-15-10-16(20(4,5)6)11-17(19(15)24)21(7,8)9/h10-14,18,23-24H,1-9H3/t14-,18+/m1/s1. The molecule has 0 saturated heterocycles. The van der Waals surface area contributed by atoms with Gasteiger partial charge in [0.2, 0.25) is 0 Å². The van der Waals surface area contributed by atoms with Gasteiger partial charge in [-0.1, -0.05) is 61.5 Å². The molecule has 0 fully saturated rings. The summed E-state index contributed by atoms with van der Waals surface area (Å²) in [6, 6.07) is 3.93. The number of aliphatic hydroxyl groups excluding tert-OH is 1. The van der Waals surface area contributed by atoms with Crippen LogP contribution in [-0.4, -0.2) is 28.6 Å². The van der Waals surface area contributed by atoms with Gasteiger partial charge in [0.15, 0.2) is 0 Å². The maximum atomic E-state index is 10.8. The van der Waals surface area contributed by atoms with Crippen LogP contribution >= 0.6 is 0 Å². The highest BCUT2D eigenvalue weighted by atomic mass is 16.3. The summed E-state index contributed by atoms with van der Waals surface area (Å²) in [5, 5.41) is 20.7. The molecule has 0 unspecified atom stereocenters. The van der Waals surface area contributed by atoms with Crippen LogP contribution in [0.25, 0.3) is 0 Å². The number of aromatic hydroxyl groups is 1. The first-order valence-corrected chi connectivity index (χ1v) is 8.84. The summed E-state index contributed by atoms with van der Waals surface area (Å²) in [4.78, 5) is 4.57. The molecule has 0 radical (unpaired) electrons. The normalized spacial score (nSPS) is 16.0. The van der Waals surface area contributed by atoms with Gasteiger partial charge in [-0.15, -0.1) is 0 Å². The lowest BCUT2D eigenvalue weighted by Crippen LogP contribution is -2.26. The molecule has 2 atom stereocenters. The van der Waals surface area contributed by atoms with Crippen LogP contribution in [0.15, 0.2) is 17.1 Å². The molecule has 0 saturated carbocycles. The summed E-state index contributed by atoms with van der Waals surface area (Å²) in [5.74, 6) is 0.517. The second-order valence-corrected chi connectivity index (χ2v) is 9.22. The lowest BCUT2D eigenvalue weighted by molar-refractivity contribution is 0.144. The van der Waals surface area contributed by atoms with Crippen molar-refractivity contribution in [3.63, 3.8) is 0 Å². The summed E-state index contributed by atoms with van der Waals surface area (Å²) in [5.41, 5.74) is 2.64. The third-order valence-electron chi connectivity index (χ3n) is 4.38. The molecule has 0 bridgehead atoms. The molecular formula is C21H35NO2. The summed E-state index contributed by atoms with van der Waals surface area (Å²) in [7, 11) is 0. The maximum Gasteiger partial charge on any atom is 0.128 e. The highest BCUT2D eigenvalue weighted by molar-refractivity contribution is 5.85. The number of aliphatic hydroxyl groups is 1. The quantitative estimate of drug-likeness (QED) is 0.777. The van der Waals surface area contributed by atoms with E-state index in [4.69, 9.17) is 0 Å². The van der Waals surface area contributed by atoms with Crippen LogP contribution in [0.3, 0.4) is 0 Å². The highest BCUT2D eigenvalue weighted by Gasteiger charge is 2.25. The second-order valence-electron chi connectivity index (χ2n) is 9.22. The number of benzene rings is 1. The fourth-order valence-corrected chi connectivity index (χ4v) is 2.78. The Morgan fingerprint density at radius 3 is 1.88 bits per heavy atom. The fourth-order valence-electron chi connectivity index (χ4n) is 2.78. The number of hydrogen-bond donors (Lipinski definition) is 2. The first-order chi connectivity index (χ1) is 10.7. The molecule has 1 rings (SSSR count). The monoisotopic (exact) mass is 333 g/mol. The van der Waals surface area contributed by atoms with Crippen molar-refractivity contribution >= 4 is 6.21 Å². The topological polar surface area (TPSA) is 52.8 Å². The van der Waals surface area contributed by atoms with Gasteiger partial charge in [0.25, 0.3) is 0 Å². The lowest BCUT2D eigenvalue weighted by atomic mass is 9.79. The third kappa shape index (κ3) is 5.07. The Bertz CT molecular complexity index is 579. The number of aliphatic imine (C=N–C) groups is 1. The van der Waals surface area contributed by atoms with Gasteiger partial charge in [-0.25, -0.2) is 0 Å². The van der Waals surface area contributed by atoms with E-state index in [1.165, 1.54) is 5.56 Å². The minimum Gasteiger partial charge on any atom is -0.507 e. The average Bonchev–Trinajstić information content (AvgIpc) is 2.37. The van der Waals surface area contributed by atoms with E-state index in [-0.39, 0.29) is 28.5 Å². The number of phenolic OH excluding ortho intramolecular Hbond substituents is 1. The molecule has 0 aliphatic rings. The zero-order valence-electron chi connectivity index (χ0n) is 16.8. The van der Waals surface area contributed by atoms with Crippen LogP contribution in [0.5, 0.6) is 5.75 Å². The van der Waals surface area contributed by atoms with Gasteiger partial charge in [-0.3, -0.25) is 4.99 Å². The summed E-state index contributed by atoms with van der Waals surface area (Å²) in [6.45, 7) is 18.6. The predicted octanol–water partition coefficient (Wildman–Crippen LogP) is 4.81. The number of phenols is 1. The Kier molecular flexibility index (Phi) is 6.26. The molecule has 0 amide bonds. The SMILES string of the molecule is CC(C)[C@H](N=Cc1cc(C(C)(C)C)cc(C(C)(C)C)c1O)[C@@H](C)O. The van der Waals surface area contributed by atoms with Gasteiger partial charge < -0.3 is 10.2 Å². The van der Waals surface area contributed by atoms with Crippen LogP contribution in [0, 0.1) is 5.92 Å². The fraction of sp³-hybridized carbons (Fsp3) is 0.667. The molecule has 0 aliphatic heterocycles. The Labute approximate surface area is 147 Å². The predicted molar refractivity (Wildman–Crippen MR) is 103 cm³/mol. The molecule has 0 aromatic heterocycles. The minimum atomic E-state index is -0.517. The van der Waals surface area contributed by atoms with Crippen molar-refractivity contribution in [2.24, 2.45) is 10.9 Å². The molecule has 2 N–H and O–H groups in total. The van der Waals surface area contributed by atoms with Crippen molar-refractivity contribution in [1.82, 2.24) is 0 Å². The van der Waals surface area contributed by atoms with Crippen molar-refractivity contribution in [2.45, 2.75) is 85.3 Å². The molecule has 3 nitrogen and oxygen atoms in total. The molecule has 0 heterocycles. The van der Waals surface area contributed by atoms with E-state index in [2.05, 4.69) is 52.6 Å². The third-order valence-corrected chi connectivity index (χ3v) is 4.38. The van der Waals surface area contributed by atoms with Crippen LogP contribution in [0.1, 0.15) is 79.0 Å². The Balaban J connectivity index is 3.47. The van der Waals surface area contributed by atoms with Crippen LogP contribution in [0.2, 0.25) is 0 Å². The Hall–Kier alpha value is -1.35. The first-order valence-electron chi connectivity index (χ1n) is 8.84. The summed E-state index contributed by atoms with van der Waals surface area (Å²) >= 11 is 0. The summed E-state index contributed by atoms with van der Waals surface area (Å²) < 4.78 is 0. The number of nitrogens with zero attached hydrogens (tertiary/aromatic N) is 1. The molecule has 0 spiro atoms. The van der Waals surface area contributed by atoms with E-state index in [0.29, 0.717) is 0 Å². The molecule has 0 aliphatic carbocycles. The van der Waals surface area contributed by atoms with Crippen LogP contribution in [0.4, 0.5) is 0 Å². The van der Waals surface area contributed by atoms with Gasteiger partial charge in [-0.05, 0) is 35.3 Å². The molecule has 1 aromatic carbocycles. The van der Waals surface area contributed by atoms with Crippen LogP contribution in [-0.2, 0) is 10.8 Å². The second kappa shape index (κ2) is 7.26. The van der Waals surface area contributed by atoms with Crippen molar-refractivity contribution in [3.8, 4) is 5.75 Å². The van der Waals surface area contributed by atoms with Gasteiger partial charge in [0.05, 0.1) is 12.1 Å². The minimum absolute atomic E-state index is 0.0159. The number of rotatable bonds is 4. The average molecular weight is 334 g/mol. The van der Waals surface area contributed by atoms with Gasteiger partial charge >= 0.3 is 0 Å². The summed E-state index contributed by atoms with van der Waals surface area (Å²) in [6.07, 6.45) is 1.20. The first kappa shape index (κ1) is 20.7. The van der Waals surface area contributed by atoms with E-state index in [0.717, 1.165) is 11.1 Å². The van der Waals surface area contributed by atoms with E-state index < -0.39 is 6.10 Å². The van der Waals surface area contributed by atoms with Crippen LogP contribution < -0.4 is 0 Å². The lowest BCUT2D eigenvalue weighted by Gasteiger charge is -2.27. The van der Waals surface area contributed by atoms with Gasteiger partial charge in [0.1, 0.15) is 5.75 Å². The van der Waals surface area contributed by atoms with Crippen molar-refractivity contribution in [3.05, 3.63) is 28.8 Å². The largest absolute Gasteiger partial charge is 0.507 e. The molecule has 1 aromatic rings. The molecular weight excluding hydrogens is 298 g/mol. The Morgan fingerprint density at radius 1 is 0.958 bits per heavy atom. The molecule has 136 valence electrons.